The van der Waals surface area contributed by atoms with Gasteiger partial charge in [0.15, 0.2) is 9.84 Å². The van der Waals surface area contributed by atoms with E-state index in [4.69, 9.17) is 5.73 Å². The molecule has 3 heterocycles. The molecule has 2 aliphatic rings. The summed E-state index contributed by atoms with van der Waals surface area (Å²) >= 11 is 0. The van der Waals surface area contributed by atoms with Crippen LogP contribution in [0.3, 0.4) is 0 Å². The summed E-state index contributed by atoms with van der Waals surface area (Å²) < 4.78 is 39.7. The Morgan fingerprint density at radius 2 is 1.94 bits per heavy atom. The minimum Gasteiger partial charge on any atom is -0.386 e. The Kier molecular flexibility index (Phi) is 4.25. The number of amidine groups is 1. The minimum atomic E-state index is -3.52. The van der Waals surface area contributed by atoms with Gasteiger partial charge in [0.25, 0.3) is 0 Å². The zero-order valence-electron chi connectivity index (χ0n) is 17.4. The van der Waals surface area contributed by atoms with E-state index in [1.807, 2.05) is 19.1 Å². The number of fused-ring (bicyclic) bond motifs is 1. The topological polar surface area (TPSA) is 98.3 Å². The summed E-state index contributed by atoms with van der Waals surface area (Å²) in [5, 5.41) is 0.991. The monoisotopic (exact) mass is 438 g/mol. The molecule has 3 aromatic rings. The first-order chi connectivity index (χ1) is 14.6. The van der Waals surface area contributed by atoms with Crippen molar-refractivity contribution in [2.24, 2.45) is 10.7 Å². The first-order valence-corrected chi connectivity index (χ1v) is 11.9. The lowest BCUT2D eigenvalue weighted by Crippen LogP contribution is -2.50. The van der Waals surface area contributed by atoms with Gasteiger partial charge in [0, 0.05) is 29.8 Å². The number of aryl methyl sites for hydroxylation is 1. The van der Waals surface area contributed by atoms with Crippen molar-refractivity contribution < 1.29 is 12.8 Å². The highest BCUT2D eigenvalue weighted by atomic mass is 32.2. The van der Waals surface area contributed by atoms with Crippen molar-refractivity contribution in [3.8, 4) is 0 Å². The van der Waals surface area contributed by atoms with Crippen LogP contribution < -0.4 is 5.73 Å². The number of aliphatic imine (C=N–C) groups is 1. The number of benzene rings is 1. The lowest BCUT2D eigenvalue weighted by atomic mass is 9.91. The Balaban J connectivity index is 1.56. The summed E-state index contributed by atoms with van der Waals surface area (Å²) in [5.41, 5.74) is 8.48. The molecule has 160 valence electrons. The number of nitrogens with zero attached hydrogens (tertiary/aromatic N) is 3. The summed E-state index contributed by atoms with van der Waals surface area (Å²) in [6.45, 7) is 3.62. The van der Waals surface area contributed by atoms with E-state index in [2.05, 4.69) is 15.0 Å². The van der Waals surface area contributed by atoms with Crippen LogP contribution in [0.5, 0.6) is 0 Å². The molecule has 0 amide bonds. The fourth-order valence-electron chi connectivity index (χ4n) is 4.53. The van der Waals surface area contributed by atoms with E-state index in [1.165, 1.54) is 6.07 Å². The van der Waals surface area contributed by atoms with Gasteiger partial charge in [0.2, 0.25) is 0 Å². The van der Waals surface area contributed by atoms with Gasteiger partial charge in [0.05, 0.1) is 17.0 Å². The first-order valence-electron chi connectivity index (χ1n) is 10.2. The molecule has 1 saturated carbocycles. The van der Waals surface area contributed by atoms with Crippen LogP contribution >= 0.6 is 0 Å². The average molecular weight is 439 g/mol. The predicted molar refractivity (Wildman–Crippen MR) is 118 cm³/mol. The number of nitrogens with two attached hydrogens (primary N) is 1. The van der Waals surface area contributed by atoms with Crippen molar-refractivity contribution in [1.82, 2.24) is 9.97 Å². The minimum absolute atomic E-state index is 0.0985. The molecule has 1 aromatic carbocycles. The Morgan fingerprint density at radius 3 is 2.65 bits per heavy atom. The van der Waals surface area contributed by atoms with Gasteiger partial charge in [-0.25, -0.2) is 12.8 Å². The lowest BCUT2D eigenvalue weighted by Gasteiger charge is -2.34. The van der Waals surface area contributed by atoms with Gasteiger partial charge in [-0.3, -0.25) is 15.0 Å². The fraction of sp³-hybridized carbons (Fsp3) is 0.348. The largest absolute Gasteiger partial charge is 0.386 e. The number of hydrogen-bond donors (Lipinski definition) is 1. The molecule has 6 nitrogen and oxygen atoms in total. The van der Waals surface area contributed by atoms with Crippen LogP contribution in [0.25, 0.3) is 10.9 Å². The molecule has 1 aliphatic carbocycles. The second-order valence-corrected chi connectivity index (χ2v) is 11.2. The van der Waals surface area contributed by atoms with Gasteiger partial charge in [-0.1, -0.05) is 12.1 Å². The highest BCUT2D eigenvalue weighted by Crippen LogP contribution is 2.50. The van der Waals surface area contributed by atoms with Crippen molar-refractivity contribution in [2.75, 3.05) is 5.75 Å². The van der Waals surface area contributed by atoms with Crippen LogP contribution in [-0.4, -0.2) is 34.7 Å². The van der Waals surface area contributed by atoms with Gasteiger partial charge in [-0.2, -0.15) is 0 Å². The summed E-state index contributed by atoms with van der Waals surface area (Å²) in [5.74, 6) is -0.653. The Morgan fingerprint density at radius 1 is 1.16 bits per heavy atom. The third-order valence-electron chi connectivity index (χ3n) is 6.40. The molecule has 31 heavy (non-hydrogen) atoms. The lowest BCUT2D eigenvalue weighted by molar-refractivity contribution is 0.482. The van der Waals surface area contributed by atoms with Crippen LogP contribution in [0.15, 0.2) is 47.7 Å². The second kappa shape index (κ2) is 6.56. The Bertz CT molecular complexity index is 1370. The van der Waals surface area contributed by atoms with Gasteiger partial charge >= 0.3 is 0 Å². The molecule has 2 aromatic heterocycles. The molecule has 1 fully saturated rings. The molecule has 5 rings (SSSR count). The standard InChI is InChI=1S/C23H23FN4O2S/c1-14-9-16-5-8-26-19(20(16)27-12-14)11-15-3-4-18(24)17(10-15)22(2)13-31(29,30)23(6-7-23)21(25)28-22/h3-5,8-10,12H,6-7,11,13H2,1-2H3,(H2,25,28)/t22-/m0/s1. The van der Waals surface area contributed by atoms with Crippen molar-refractivity contribution in [3.05, 3.63) is 70.9 Å². The van der Waals surface area contributed by atoms with Crippen LogP contribution in [0.1, 0.15) is 42.1 Å². The summed E-state index contributed by atoms with van der Waals surface area (Å²) in [7, 11) is -3.52. The zero-order valence-corrected chi connectivity index (χ0v) is 18.2. The van der Waals surface area contributed by atoms with Crippen molar-refractivity contribution in [2.45, 2.75) is 43.4 Å². The maximum atomic E-state index is 14.9. The van der Waals surface area contributed by atoms with E-state index in [9.17, 15) is 12.8 Å². The molecule has 1 atom stereocenters. The number of aromatic nitrogens is 2. The van der Waals surface area contributed by atoms with Gasteiger partial charge in [-0.05, 0) is 56.0 Å². The number of rotatable bonds is 3. The summed E-state index contributed by atoms with van der Waals surface area (Å²) in [6, 6.07) is 8.68. The van der Waals surface area contributed by atoms with E-state index in [1.54, 1.807) is 31.5 Å². The smallest absolute Gasteiger partial charge is 0.165 e. The molecule has 0 unspecified atom stereocenters. The molecule has 1 spiro atoms. The summed E-state index contributed by atoms with van der Waals surface area (Å²) in [4.78, 5) is 13.5. The Labute approximate surface area is 180 Å². The fourth-order valence-corrected chi connectivity index (χ4v) is 6.86. The Hall–Kier alpha value is -2.87. The van der Waals surface area contributed by atoms with Crippen LogP contribution in [-0.2, 0) is 21.8 Å². The molecule has 2 N–H and O–H groups in total. The number of halogens is 1. The van der Waals surface area contributed by atoms with Gasteiger partial charge < -0.3 is 5.73 Å². The summed E-state index contributed by atoms with van der Waals surface area (Å²) in [6.07, 6.45) is 4.94. The van der Waals surface area contributed by atoms with Crippen LogP contribution in [0.2, 0.25) is 0 Å². The van der Waals surface area contributed by atoms with Crippen LogP contribution in [0.4, 0.5) is 4.39 Å². The number of pyridine rings is 2. The van der Waals surface area contributed by atoms with Crippen LogP contribution in [0, 0.1) is 12.7 Å². The third kappa shape index (κ3) is 3.12. The quantitative estimate of drug-likeness (QED) is 0.677. The van der Waals surface area contributed by atoms with Crippen molar-refractivity contribution in [1.29, 1.82) is 0 Å². The van der Waals surface area contributed by atoms with Gasteiger partial charge in [0.1, 0.15) is 21.9 Å². The van der Waals surface area contributed by atoms with Crippen molar-refractivity contribution in [3.63, 3.8) is 0 Å². The molecule has 0 saturated heterocycles. The molecule has 0 radical (unpaired) electrons. The van der Waals surface area contributed by atoms with E-state index in [-0.39, 0.29) is 17.2 Å². The predicted octanol–water partition coefficient (Wildman–Crippen LogP) is 3.20. The van der Waals surface area contributed by atoms with E-state index in [0.29, 0.717) is 19.3 Å². The van der Waals surface area contributed by atoms with E-state index >= 15 is 0 Å². The number of sulfone groups is 1. The van der Waals surface area contributed by atoms with E-state index in [0.717, 1.165) is 27.7 Å². The van der Waals surface area contributed by atoms with E-state index < -0.39 is 25.9 Å². The molecular formula is C23H23FN4O2S. The molecular weight excluding hydrogens is 415 g/mol. The maximum Gasteiger partial charge on any atom is 0.165 e. The third-order valence-corrected chi connectivity index (χ3v) is 9.15. The average Bonchev–Trinajstić information content (AvgIpc) is 3.50. The number of hydrogen-bond acceptors (Lipinski definition) is 6. The zero-order chi connectivity index (χ0) is 22.0. The molecule has 1 aliphatic heterocycles. The molecule has 8 heteroatoms. The SMILES string of the molecule is Cc1cnc2c(Cc3ccc(F)c([C@]4(C)CS(=O)(=O)C5(CC5)C(N)=N4)c3)nccc2c1. The first kappa shape index (κ1) is 20.1. The molecule has 0 bridgehead atoms. The maximum absolute atomic E-state index is 14.9. The van der Waals surface area contributed by atoms with Gasteiger partial charge in [-0.15, -0.1) is 0 Å². The highest BCUT2D eigenvalue weighted by Gasteiger charge is 2.62. The second-order valence-electron chi connectivity index (χ2n) is 8.86. The highest BCUT2D eigenvalue weighted by molar-refractivity contribution is 7.94. The normalized spacial score (nSPS) is 23.6. The van der Waals surface area contributed by atoms with Crippen molar-refractivity contribution >= 4 is 26.6 Å².